The van der Waals surface area contributed by atoms with Crippen LogP contribution in [0.4, 0.5) is 14.5 Å². The Kier molecular flexibility index (Phi) is 3.88. The molecule has 0 fully saturated rings. The van der Waals surface area contributed by atoms with Gasteiger partial charge in [-0.25, -0.2) is 8.78 Å². The minimum absolute atomic E-state index is 0.0988. The lowest BCUT2D eigenvalue weighted by atomic mass is 9.77. The molecule has 1 aliphatic carbocycles. The van der Waals surface area contributed by atoms with Gasteiger partial charge in [0.25, 0.3) is 0 Å². The maximum Gasteiger partial charge on any atom is 0.160 e. The average Bonchev–Trinajstić information content (AvgIpc) is 2.41. The highest BCUT2D eigenvalue weighted by atomic mass is 19.1. The first-order chi connectivity index (χ1) is 9.86. The summed E-state index contributed by atoms with van der Waals surface area (Å²) >= 11 is 0. The Balaban J connectivity index is 2.54. The smallest absolute Gasteiger partial charge is 0.160 e. The standard InChI is InChI=1S/C15H13F2NO3/c1-9(19)15(18-13-5-3-2-4-12(13)17)8-10(16)6-7-11(15)14(20)21/h2-8,11,18H,1H3,(H,20,21)/p-1. The zero-order valence-electron chi connectivity index (χ0n) is 11.1. The number of carboxylic acid groups (broad SMARTS) is 1. The van der Waals surface area contributed by atoms with Gasteiger partial charge in [-0.1, -0.05) is 18.2 Å². The van der Waals surface area contributed by atoms with Crippen LogP contribution in [0.15, 0.2) is 48.3 Å². The molecular weight excluding hydrogens is 280 g/mol. The van der Waals surface area contributed by atoms with E-state index < -0.39 is 34.9 Å². The van der Waals surface area contributed by atoms with E-state index >= 15 is 0 Å². The number of benzene rings is 1. The first-order valence-corrected chi connectivity index (χ1v) is 6.18. The number of hydrogen-bond donors (Lipinski definition) is 1. The van der Waals surface area contributed by atoms with Gasteiger partial charge < -0.3 is 15.2 Å². The molecule has 1 aromatic rings. The summed E-state index contributed by atoms with van der Waals surface area (Å²) in [4.78, 5) is 23.2. The summed E-state index contributed by atoms with van der Waals surface area (Å²) in [5.74, 6) is -5.15. The molecule has 0 saturated carbocycles. The van der Waals surface area contributed by atoms with Gasteiger partial charge in [-0.3, -0.25) is 4.79 Å². The molecule has 0 amide bonds. The molecule has 0 aliphatic heterocycles. The second kappa shape index (κ2) is 5.47. The number of carbonyl (C=O) groups is 2. The molecule has 4 nitrogen and oxygen atoms in total. The van der Waals surface area contributed by atoms with Crippen molar-refractivity contribution in [2.24, 2.45) is 5.92 Å². The highest BCUT2D eigenvalue weighted by Gasteiger charge is 2.43. The minimum Gasteiger partial charge on any atom is -0.549 e. The van der Waals surface area contributed by atoms with E-state index in [1.807, 2.05) is 0 Å². The highest BCUT2D eigenvalue weighted by molar-refractivity contribution is 5.97. The van der Waals surface area contributed by atoms with Gasteiger partial charge in [0.1, 0.15) is 17.2 Å². The number of halogens is 2. The predicted octanol–water partition coefficient (Wildman–Crippen LogP) is 1.35. The van der Waals surface area contributed by atoms with Crippen LogP contribution in [-0.4, -0.2) is 17.3 Å². The Morgan fingerprint density at radius 3 is 2.52 bits per heavy atom. The molecule has 0 radical (unpaired) electrons. The van der Waals surface area contributed by atoms with Gasteiger partial charge in [-0.15, -0.1) is 0 Å². The molecule has 1 aliphatic rings. The SMILES string of the molecule is CC(=O)C1(Nc2ccccc2F)C=C(F)C=CC1C(=O)[O-]. The number of ketones is 1. The van der Waals surface area contributed by atoms with Gasteiger partial charge in [-0.05, 0) is 31.2 Å². The van der Waals surface area contributed by atoms with Gasteiger partial charge >= 0.3 is 0 Å². The van der Waals surface area contributed by atoms with Crippen LogP contribution >= 0.6 is 0 Å². The Labute approximate surface area is 119 Å². The molecule has 0 bridgehead atoms. The third-order valence-electron chi connectivity index (χ3n) is 3.36. The van der Waals surface area contributed by atoms with Crippen molar-refractivity contribution in [3.8, 4) is 0 Å². The van der Waals surface area contributed by atoms with Crippen LogP contribution in [0, 0.1) is 11.7 Å². The zero-order valence-corrected chi connectivity index (χ0v) is 11.1. The van der Waals surface area contributed by atoms with E-state index in [-0.39, 0.29) is 5.69 Å². The maximum atomic E-state index is 13.7. The molecule has 1 N–H and O–H groups in total. The summed E-state index contributed by atoms with van der Waals surface area (Å²) in [5, 5.41) is 13.8. The summed E-state index contributed by atoms with van der Waals surface area (Å²) in [7, 11) is 0. The van der Waals surface area contributed by atoms with Gasteiger partial charge in [0, 0.05) is 0 Å². The third-order valence-corrected chi connectivity index (χ3v) is 3.36. The van der Waals surface area contributed by atoms with Crippen LogP contribution in [-0.2, 0) is 9.59 Å². The van der Waals surface area contributed by atoms with E-state index in [9.17, 15) is 23.5 Å². The van der Waals surface area contributed by atoms with Crippen LogP contribution in [0.1, 0.15) is 6.92 Å². The lowest BCUT2D eigenvalue weighted by molar-refractivity contribution is -0.310. The molecular formula is C15H12F2NO3-. The largest absolute Gasteiger partial charge is 0.549 e. The van der Waals surface area contributed by atoms with Crippen molar-refractivity contribution >= 4 is 17.4 Å². The van der Waals surface area contributed by atoms with Gasteiger partial charge in [0.2, 0.25) is 0 Å². The first-order valence-electron chi connectivity index (χ1n) is 6.18. The maximum absolute atomic E-state index is 13.7. The molecule has 0 aromatic heterocycles. The van der Waals surface area contributed by atoms with Crippen molar-refractivity contribution < 1.29 is 23.5 Å². The Hall–Kier alpha value is -2.50. The Morgan fingerprint density at radius 2 is 1.95 bits per heavy atom. The molecule has 0 spiro atoms. The number of rotatable bonds is 4. The van der Waals surface area contributed by atoms with E-state index in [1.165, 1.54) is 18.2 Å². The van der Waals surface area contributed by atoms with Crippen molar-refractivity contribution in [2.75, 3.05) is 5.32 Å². The Bertz CT molecular complexity index is 654. The van der Waals surface area contributed by atoms with Gasteiger partial charge in [0.15, 0.2) is 5.78 Å². The summed E-state index contributed by atoms with van der Waals surface area (Å²) in [6.07, 6.45) is 2.78. The number of carbonyl (C=O) groups excluding carboxylic acids is 2. The molecule has 1 aromatic carbocycles. The number of allylic oxidation sites excluding steroid dienone is 2. The molecule has 0 heterocycles. The number of Topliss-reactive ketones (excluding diaryl/α,β-unsaturated/α-hetero) is 1. The molecule has 2 rings (SSSR count). The molecule has 2 unspecified atom stereocenters. The van der Waals surface area contributed by atoms with Crippen molar-refractivity contribution in [3.05, 3.63) is 54.1 Å². The van der Waals surface area contributed by atoms with E-state index in [4.69, 9.17) is 0 Å². The van der Waals surface area contributed by atoms with Crippen LogP contribution in [0.5, 0.6) is 0 Å². The summed E-state index contributed by atoms with van der Waals surface area (Å²) in [6, 6.07) is 5.42. The normalized spacial score (nSPS) is 24.3. The van der Waals surface area contributed by atoms with Crippen LogP contribution in [0.2, 0.25) is 0 Å². The van der Waals surface area contributed by atoms with Crippen molar-refractivity contribution in [2.45, 2.75) is 12.5 Å². The predicted molar refractivity (Wildman–Crippen MR) is 70.3 cm³/mol. The number of nitrogens with one attached hydrogen (secondary N) is 1. The second-order valence-corrected chi connectivity index (χ2v) is 4.72. The summed E-state index contributed by atoms with van der Waals surface area (Å²) in [6.45, 7) is 1.10. The van der Waals surface area contributed by atoms with E-state index in [2.05, 4.69) is 5.32 Å². The number of anilines is 1. The van der Waals surface area contributed by atoms with Crippen LogP contribution < -0.4 is 10.4 Å². The lowest BCUT2D eigenvalue weighted by Crippen LogP contribution is -2.56. The quantitative estimate of drug-likeness (QED) is 0.909. The zero-order chi connectivity index (χ0) is 15.6. The number of hydrogen-bond acceptors (Lipinski definition) is 4. The van der Waals surface area contributed by atoms with Gasteiger partial charge in [-0.2, -0.15) is 0 Å². The fourth-order valence-electron chi connectivity index (χ4n) is 2.27. The van der Waals surface area contributed by atoms with Crippen LogP contribution in [0.25, 0.3) is 0 Å². The average molecular weight is 292 g/mol. The molecule has 0 saturated heterocycles. The number of para-hydroxylation sites is 1. The van der Waals surface area contributed by atoms with Gasteiger partial charge in [0.05, 0.1) is 17.6 Å². The topological polar surface area (TPSA) is 69.2 Å². The number of carboxylic acids is 1. The van der Waals surface area contributed by atoms with Crippen molar-refractivity contribution in [1.29, 1.82) is 0 Å². The minimum atomic E-state index is -1.93. The van der Waals surface area contributed by atoms with Crippen molar-refractivity contribution in [3.63, 3.8) is 0 Å². The monoisotopic (exact) mass is 292 g/mol. The molecule has 6 heteroatoms. The molecule has 110 valence electrons. The summed E-state index contributed by atoms with van der Waals surface area (Å²) < 4.78 is 27.3. The fraction of sp³-hybridized carbons (Fsp3) is 0.200. The lowest BCUT2D eigenvalue weighted by Gasteiger charge is -2.38. The van der Waals surface area contributed by atoms with Crippen LogP contribution in [0.3, 0.4) is 0 Å². The summed E-state index contributed by atoms with van der Waals surface area (Å²) in [5.41, 5.74) is -2.03. The third kappa shape index (κ3) is 2.69. The first kappa shape index (κ1) is 14.9. The fourth-order valence-corrected chi connectivity index (χ4v) is 2.27. The molecule has 2 atom stereocenters. The van der Waals surface area contributed by atoms with E-state index in [1.54, 1.807) is 0 Å². The second-order valence-electron chi connectivity index (χ2n) is 4.72. The number of aliphatic carboxylic acids is 1. The molecule has 21 heavy (non-hydrogen) atoms. The van der Waals surface area contributed by atoms with E-state index in [0.717, 1.165) is 31.2 Å². The Morgan fingerprint density at radius 1 is 1.29 bits per heavy atom. The highest BCUT2D eigenvalue weighted by Crippen LogP contribution is 2.33. The van der Waals surface area contributed by atoms with Crippen molar-refractivity contribution in [1.82, 2.24) is 0 Å². The van der Waals surface area contributed by atoms with E-state index in [0.29, 0.717) is 0 Å².